The summed E-state index contributed by atoms with van der Waals surface area (Å²) in [4.78, 5) is 33.4. The maximum Gasteiger partial charge on any atom is 0.328 e. The van der Waals surface area contributed by atoms with Gasteiger partial charge < -0.3 is 15.0 Å². The number of pyridine rings is 1. The molecule has 7 nitrogen and oxygen atoms in total. The Morgan fingerprint density at radius 3 is 2.75 bits per heavy atom. The molecule has 3 rings (SSSR count). The number of ether oxygens (including phenoxy) is 1. The first kappa shape index (κ1) is 16.9. The smallest absolute Gasteiger partial charge is 0.328 e. The first-order valence-corrected chi connectivity index (χ1v) is 8.42. The van der Waals surface area contributed by atoms with Crippen molar-refractivity contribution < 1.29 is 14.3 Å². The van der Waals surface area contributed by atoms with Crippen LogP contribution >= 0.6 is 0 Å². The highest BCUT2D eigenvalue weighted by molar-refractivity contribution is 6.07. The zero-order valence-corrected chi connectivity index (χ0v) is 14.0. The molecule has 1 aromatic rings. The Hall–Kier alpha value is -1.99. The number of piperidine rings is 1. The predicted molar refractivity (Wildman–Crippen MR) is 88.2 cm³/mol. The Morgan fingerprint density at radius 2 is 2.08 bits per heavy atom. The van der Waals surface area contributed by atoms with E-state index in [2.05, 4.69) is 10.3 Å². The Bertz CT molecular complexity index is 587. The third-order valence-electron chi connectivity index (χ3n) is 4.83. The van der Waals surface area contributed by atoms with Crippen molar-refractivity contribution in [2.75, 3.05) is 33.4 Å². The minimum Gasteiger partial charge on any atom is -0.385 e. The largest absolute Gasteiger partial charge is 0.385 e. The summed E-state index contributed by atoms with van der Waals surface area (Å²) in [7, 11) is 1.64. The molecule has 2 saturated heterocycles. The summed E-state index contributed by atoms with van der Waals surface area (Å²) in [5.74, 6) is -0.0860. The van der Waals surface area contributed by atoms with Crippen LogP contribution in [0.2, 0.25) is 0 Å². The quantitative estimate of drug-likeness (QED) is 0.621. The first-order chi connectivity index (χ1) is 11.7. The summed E-state index contributed by atoms with van der Waals surface area (Å²) in [6.07, 6.45) is 3.71. The van der Waals surface area contributed by atoms with Crippen molar-refractivity contribution >= 4 is 11.9 Å². The molecule has 3 amide bonds. The number of urea groups is 1. The average molecular weight is 332 g/mol. The van der Waals surface area contributed by atoms with E-state index in [0.29, 0.717) is 26.0 Å². The van der Waals surface area contributed by atoms with Crippen molar-refractivity contribution in [3.05, 3.63) is 30.1 Å². The fourth-order valence-electron chi connectivity index (χ4n) is 3.58. The van der Waals surface area contributed by atoms with Crippen LogP contribution in [0, 0.1) is 0 Å². The van der Waals surface area contributed by atoms with Crippen molar-refractivity contribution in [1.29, 1.82) is 0 Å². The molecule has 0 aliphatic carbocycles. The predicted octanol–water partition coefficient (Wildman–Crippen LogP) is 1.00. The summed E-state index contributed by atoms with van der Waals surface area (Å²) in [5.41, 5.74) is 0.0206. The molecule has 0 radical (unpaired) electrons. The number of methoxy groups -OCH3 is 1. The van der Waals surface area contributed by atoms with Gasteiger partial charge in [-0.2, -0.15) is 0 Å². The van der Waals surface area contributed by atoms with E-state index in [1.54, 1.807) is 18.2 Å². The Morgan fingerprint density at radius 1 is 1.29 bits per heavy atom. The minimum absolute atomic E-state index is 0.0860. The molecule has 24 heavy (non-hydrogen) atoms. The van der Waals surface area contributed by atoms with Gasteiger partial charge in [-0.05, 0) is 44.5 Å². The lowest BCUT2D eigenvalue weighted by molar-refractivity contribution is -0.135. The topological polar surface area (TPSA) is 74.8 Å². The Balaban J connectivity index is 1.83. The second-order valence-electron chi connectivity index (χ2n) is 6.27. The number of hydrogen-bond donors (Lipinski definition) is 1. The molecule has 0 aromatic carbocycles. The van der Waals surface area contributed by atoms with Gasteiger partial charge in [0.1, 0.15) is 5.54 Å². The van der Waals surface area contributed by atoms with Gasteiger partial charge in [0, 0.05) is 26.5 Å². The van der Waals surface area contributed by atoms with Crippen LogP contribution in [0.1, 0.15) is 25.0 Å². The molecular formula is C17H24N4O3. The van der Waals surface area contributed by atoms with Crippen LogP contribution in [0.15, 0.2) is 24.4 Å². The van der Waals surface area contributed by atoms with Gasteiger partial charge in [0.15, 0.2) is 0 Å². The number of hydrogen-bond acceptors (Lipinski definition) is 5. The Labute approximate surface area is 142 Å². The van der Waals surface area contributed by atoms with Gasteiger partial charge in [-0.25, -0.2) is 4.79 Å². The number of amides is 3. The maximum absolute atomic E-state index is 13.1. The van der Waals surface area contributed by atoms with Gasteiger partial charge in [-0.3, -0.25) is 14.7 Å². The van der Waals surface area contributed by atoms with Crippen molar-refractivity contribution in [3.63, 3.8) is 0 Å². The van der Waals surface area contributed by atoms with E-state index in [1.807, 2.05) is 18.2 Å². The number of nitrogens with one attached hydrogen (secondary N) is 1. The standard InChI is InChI=1S/C17H24N4O3/c1-24-12-4-11-21-16(23)20(13-14-5-2-3-8-19-14)15(22)17(21)6-9-18-10-7-17/h2-3,5,8,18H,4,6-7,9-13H2,1H3. The molecule has 0 saturated carbocycles. The zero-order valence-electron chi connectivity index (χ0n) is 14.0. The van der Waals surface area contributed by atoms with Gasteiger partial charge in [0.05, 0.1) is 12.2 Å². The average Bonchev–Trinajstić information content (AvgIpc) is 2.80. The van der Waals surface area contributed by atoms with E-state index in [1.165, 1.54) is 4.90 Å². The van der Waals surface area contributed by atoms with Gasteiger partial charge in [-0.1, -0.05) is 6.07 Å². The van der Waals surface area contributed by atoms with Crippen LogP contribution in [0.5, 0.6) is 0 Å². The van der Waals surface area contributed by atoms with Crippen molar-refractivity contribution in [2.24, 2.45) is 0 Å². The van der Waals surface area contributed by atoms with E-state index in [9.17, 15) is 9.59 Å². The molecule has 1 spiro atoms. The second kappa shape index (κ2) is 7.27. The fraction of sp³-hybridized carbons (Fsp3) is 0.588. The molecule has 130 valence electrons. The normalized spacial score (nSPS) is 20.2. The number of carbonyl (C=O) groups is 2. The zero-order chi connectivity index (χ0) is 17.0. The number of rotatable bonds is 6. The van der Waals surface area contributed by atoms with E-state index < -0.39 is 5.54 Å². The minimum atomic E-state index is -0.704. The molecule has 0 bridgehead atoms. The summed E-state index contributed by atoms with van der Waals surface area (Å²) >= 11 is 0. The van der Waals surface area contributed by atoms with Crippen molar-refractivity contribution in [2.45, 2.75) is 31.3 Å². The summed E-state index contributed by atoms with van der Waals surface area (Å²) in [6.45, 7) is 2.84. The summed E-state index contributed by atoms with van der Waals surface area (Å²) < 4.78 is 5.10. The number of carbonyl (C=O) groups excluding carboxylic acids is 2. The molecule has 1 N–H and O–H groups in total. The molecule has 2 aliphatic rings. The van der Waals surface area contributed by atoms with E-state index in [-0.39, 0.29) is 18.5 Å². The van der Waals surface area contributed by atoms with Gasteiger partial charge in [0.2, 0.25) is 0 Å². The van der Waals surface area contributed by atoms with E-state index in [4.69, 9.17) is 4.74 Å². The van der Waals surface area contributed by atoms with E-state index >= 15 is 0 Å². The summed E-state index contributed by atoms with van der Waals surface area (Å²) in [6, 6.07) is 5.32. The van der Waals surface area contributed by atoms with Crippen LogP contribution in [-0.4, -0.2) is 65.6 Å². The highest BCUT2D eigenvalue weighted by Gasteiger charge is 2.56. The molecule has 3 heterocycles. The second-order valence-corrected chi connectivity index (χ2v) is 6.27. The highest BCUT2D eigenvalue weighted by atomic mass is 16.5. The lowest BCUT2D eigenvalue weighted by atomic mass is 9.86. The molecule has 2 aliphatic heterocycles. The highest BCUT2D eigenvalue weighted by Crippen LogP contribution is 2.36. The number of nitrogens with zero attached hydrogens (tertiary/aromatic N) is 3. The Kier molecular flexibility index (Phi) is 5.11. The van der Waals surface area contributed by atoms with E-state index in [0.717, 1.165) is 25.2 Å². The third kappa shape index (κ3) is 3.01. The lowest BCUT2D eigenvalue weighted by Crippen LogP contribution is -2.56. The monoisotopic (exact) mass is 332 g/mol. The van der Waals surface area contributed by atoms with Gasteiger partial charge in [0.25, 0.3) is 5.91 Å². The van der Waals surface area contributed by atoms with Crippen LogP contribution in [-0.2, 0) is 16.1 Å². The van der Waals surface area contributed by atoms with Crippen molar-refractivity contribution in [3.8, 4) is 0 Å². The molecular weight excluding hydrogens is 308 g/mol. The third-order valence-corrected chi connectivity index (χ3v) is 4.83. The summed E-state index contributed by atoms with van der Waals surface area (Å²) in [5, 5.41) is 3.28. The van der Waals surface area contributed by atoms with Crippen molar-refractivity contribution in [1.82, 2.24) is 20.1 Å². The van der Waals surface area contributed by atoms with Crippen LogP contribution in [0.25, 0.3) is 0 Å². The number of aromatic nitrogens is 1. The van der Waals surface area contributed by atoms with Crippen LogP contribution in [0.4, 0.5) is 4.79 Å². The fourth-order valence-corrected chi connectivity index (χ4v) is 3.58. The first-order valence-electron chi connectivity index (χ1n) is 8.42. The molecule has 7 heteroatoms. The van der Waals surface area contributed by atoms with Gasteiger partial charge >= 0.3 is 6.03 Å². The van der Waals surface area contributed by atoms with Gasteiger partial charge in [-0.15, -0.1) is 0 Å². The number of imide groups is 1. The molecule has 2 fully saturated rings. The maximum atomic E-state index is 13.1. The lowest BCUT2D eigenvalue weighted by Gasteiger charge is -2.38. The molecule has 1 aromatic heterocycles. The molecule has 0 unspecified atom stereocenters. The SMILES string of the molecule is COCCCN1C(=O)N(Cc2ccccn2)C(=O)C12CCNCC2. The molecule has 0 atom stereocenters. The van der Waals surface area contributed by atoms with Crippen LogP contribution in [0.3, 0.4) is 0 Å². The van der Waals surface area contributed by atoms with Crippen LogP contribution < -0.4 is 5.32 Å².